The monoisotopic (exact) mass is 244 g/mol. The second-order valence-corrected chi connectivity index (χ2v) is 3.98. The van der Waals surface area contributed by atoms with Gasteiger partial charge in [0, 0.05) is 25.6 Å². The molecule has 0 bridgehead atoms. The summed E-state index contributed by atoms with van der Waals surface area (Å²) in [5.74, 6) is -1.84. The number of nitrogens with zero attached hydrogens (tertiary/aromatic N) is 3. The number of rotatable bonds is 2. The fraction of sp³-hybridized carbons (Fsp3) is 0.600. The Kier molecular flexibility index (Phi) is 3.10. The summed E-state index contributed by atoms with van der Waals surface area (Å²) in [7, 11) is 1.49. The third kappa shape index (κ3) is 2.44. The van der Waals surface area contributed by atoms with E-state index in [0.717, 1.165) is 0 Å². The Morgan fingerprint density at radius 1 is 1.53 bits per heavy atom. The Morgan fingerprint density at radius 2 is 2.29 bits per heavy atom. The molecule has 1 aromatic heterocycles. The zero-order valence-electron chi connectivity index (χ0n) is 9.44. The number of nitrogens with two attached hydrogens (primary N) is 1. The summed E-state index contributed by atoms with van der Waals surface area (Å²) in [5.41, 5.74) is 5.44. The Bertz CT molecular complexity index is 402. The van der Waals surface area contributed by atoms with Gasteiger partial charge in [-0.15, -0.1) is 0 Å². The largest absolute Gasteiger partial charge is 0.481 e. The van der Waals surface area contributed by atoms with Crippen LogP contribution in [0.5, 0.6) is 5.88 Å². The molecule has 0 aromatic carbocycles. The van der Waals surface area contributed by atoms with Crippen molar-refractivity contribution in [3.8, 4) is 5.88 Å². The number of methoxy groups -OCH3 is 1. The van der Waals surface area contributed by atoms with Gasteiger partial charge in [-0.3, -0.25) is 0 Å². The first-order valence-electron chi connectivity index (χ1n) is 5.27. The molecule has 1 aliphatic heterocycles. The molecule has 7 heteroatoms. The van der Waals surface area contributed by atoms with Crippen LogP contribution < -0.4 is 15.4 Å². The van der Waals surface area contributed by atoms with Crippen LogP contribution >= 0.6 is 0 Å². The van der Waals surface area contributed by atoms with Crippen molar-refractivity contribution >= 4 is 5.82 Å². The van der Waals surface area contributed by atoms with Gasteiger partial charge in [0.05, 0.1) is 13.2 Å². The summed E-state index contributed by atoms with van der Waals surface area (Å²) < 4.78 is 31.4. The minimum absolute atomic E-state index is 0.0766. The molecule has 0 saturated carbocycles. The summed E-state index contributed by atoms with van der Waals surface area (Å²) in [5, 5.41) is 0. The minimum atomic E-state index is -2.80. The number of ether oxygens (including phenoxy) is 1. The van der Waals surface area contributed by atoms with Crippen LogP contribution in [0.15, 0.2) is 12.4 Å². The van der Waals surface area contributed by atoms with Crippen molar-refractivity contribution < 1.29 is 13.5 Å². The summed E-state index contributed by atoms with van der Waals surface area (Å²) in [6.07, 6.45) is 1.08. The van der Waals surface area contributed by atoms with Crippen molar-refractivity contribution in [3.63, 3.8) is 0 Å². The standard InChI is InChI=1S/C10H14F2N4O/c1-17-9-4-8(14-6-15-9)16-3-2-10(11,12)7(13)5-16/h4,6-7H,2-3,5,13H2,1H3. The maximum Gasteiger partial charge on any atom is 0.266 e. The van der Waals surface area contributed by atoms with E-state index in [2.05, 4.69) is 9.97 Å². The first-order valence-corrected chi connectivity index (χ1v) is 5.27. The molecule has 0 amide bonds. The molecule has 94 valence electrons. The van der Waals surface area contributed by atoms with E-state index >= 15 is 0 Å². The Labute approximate surface area is 97.6 Å². The van der Waals surface area contributed by atoms with E-state index in [-0.39, 0.29) is 19.5 Å². The maximum absolute atomic E-state index is 13.2. The molecule has 1 atom stereocenters. The zero-order valence-corrected chi connectivity index (χ0v) is 9.44. The maximum atomic E-state index is 13.2. The molecule has 2 N–H and O–H groups in total. The third-order valence-electron chi connectivity index (χ3n) is 2.84. The highest BCUT2D eigenvalue weighted by Crippen LogP contribution is 2.29. The first kappa shape index (κ1) is 12.0. The molecule has 1 unspecified atom stereocenters. The lowest BCUT2D eigenvalue weighted by Gasteiger charge is -2.36. The van der Waals surface area contributed by atoms with Crippen LogP contribution in [0.3, 0.4) is 0 Å². The molecular formula is C10H14F2N4O. The van der Waals surface area contributed by atoms with Crippen LogP contribution in [0.4, 0.5) is 14.6 Å². The van der Waals surface area contributed by atoms with Gasteiger partial charge in [-0.25, -0.2) is 18.7 Å². The van der Waals surface area contributed by atoms with Crippen molar-refractivity contribution in [1.82, 2.24) is 9.97 Å². The number of alkyl halides is 2. The molecular weight excluding hydrogens is 230 g/mol. The van der Waals surface area contributed by atoms with Crippen LogP contribution in [0.2, 0.25) is 0 Å². The van der Waals surface area contributed by atoms with Crippen molar-refractivity contribution in [3.05, 3.63) is 12.4 Å². The average Bonchev–Trinajstić information content (AvgIpc) is 2.33. The molecule has 0 aliphatic carbocycles. The normalized spacial score (nSPS) is 23.5. The topological polar surface area (TPSA) is 64.3 Å². The van der Waals surface area contributed by atoms with E-state index < -0.39 is 12.0 Å². The van der Waals surface area contributed by atoms with E-state index in [1.165, 1.54) is 13.4 Å². The van der Waals surface area contributed by atoms with Gasteiger partial charge in [-0.05, 0) is 0 Å². The van der Waals surface area contributed by atoms with Crippen LogP contribution in [0.25, 0.3) is 0 Å². The number of aromatic nitrogens is 2. The molecule has 2 heterocycles. The van der Waals surface area contributed by atoms with Gasteiger partial charge in [0.15, 0.2) is 0 Å². The smallest absolute Gasteiger partial charge is 0.266 e. The highest BCUT2D eigenvalue weighted by molar-refractivity contribution is 5.41. The molecule has 2 rings (SSSR count). The number of hydrogen-bond donors (Lipinski definition) is 1. The predicted octanol–water partition coefficient (Wildman–Crippen LogP) is 0.658. The summed E-state index contributed by atoms with van der Waals surface area (Å²) in [6, 6.07) is 0.438. The van der Waals surface area contributed by atoms with E-state index in [0.29, 0.717) is 11.7 Å². The lowest BCUT2D eigenvalue weighted by molar-refractivity contribution is -0.0394. The lowest BCUT2D eigenvalue weighted by atomic mass is 10.0. The van der Waals surface area contributed by atoms with E-state index in [4.69, 9.17) is 10.5 Å². The molecule has 1 aromatic rings. The zero-order chi connectivity index (χ0) is 12.5. The van der Waals surface area contributed by atoms with Gasteiger partial charge in [-0.1, -0.05) is 0 Å². The van der Waals surface area contributed by atoms with Crippen LogP contribution in [-0.4, -0.2) is 42.1 Å². The van der Waals surface area contributed by atoms with Crippen molar-refractivity contribution in [2.75, 3.05) is 25.1 Å². The Hall–Kier alpha value is -1.50. The SMILES string of the molecule is COc1cc(N2CCC(F)(F)C(N)C2)ncn1. The molecule has 1 aliphatic rings. The number of piperidine rings is 1. The lowest BCUT2D eigenvalue weighted by Crippen LogP contribution is -2.55. The van der Waals surface area contributed by atoms with E-state index in [9.17, 15) is 8.78 Å². The number of anilines is 1. The fourth-order valence-corrected chi connectivity index (χ4v) is 1.75. The van der Waals surface area contributed by atoms with Crippen molar-refractivity contribution in [2.24, 2.45) is 5.73 Å². The predicted molar refractivity (Wildman–Crippen MR) is 58.3 cm³/mol. The van der Waals surface area contributed by atoms with Crippen LogP contribution in [-0.2, 0) is 0 Å². The quantitative estimate of drug-likeness (QED) is 0.827. The summed E-state index contributed by atoms with van der Waals surface area (Å²) >= 11 is 0. The Balaban J connectivity index is 2.13. The van der Waals surface area contributed by atoms with Crippen LogP contribution in [0.1, 0.15) is 6.42 Å². The molecule has 1 saturated heterocycles. The minimum Gasteiger partial charge on any atom is -0.481 e. The van der Waals surface area contributed by atoms with Gasteiger partial charge in [0.2, 0.25) is 5.88 Å². The number of hydrogen-bond acceptors (Lipinski definition) is 5. The molecule has 1 fully saturated rings. The van der Waals surface area contributed by atoms with E-state index in [1.54, 1.807) is 11.0 Å². The van der Waals surface area contributed by atoms with E-state index in [1.807, 2.05) is 0 Å². The summed E-state index contributed by atoms with van der Waals surface area (Å²) in [6.45, 7) is 0.300. The average molecular weight is 244 g/mol. The fourth-order valence-electron chi connectivity index (χ4n) is 1.75. The van der Waals surface area contributed by atoms with Gasteiger partial charge >= 0.3 is 0 Å². The van der Waals surface area contributed by atoms with Gasteiger partial charge in [0.1, 0.15) is 12.1 Å². The van der Waals surface area contributed by atoms with Crippen LogP contribution in [0, 0.1) is 0 Å². The number of halogens is 2. The molecule has 17 heavy (non-hydrogen) atoms. The van der Waals surface area contributed by atoms with Crippen molar-refractivity contribution in [2.45, 2.75) is 18.4 Å². The molecule has 0 radical (unpaired) electrons. The van der Waals surface area contributed by atoms with Crippen molar-refractivity contribution in [1.29, 1.82) is 0 Å². The second kappa shape index (κ2) is 4.40. The Morgan fingerprint density at radius 3 is 2.94 bits per heavy atom. The van der Waals surface area contributed by atoms with Gasteiger partial charge < -0.3 is 15.4 Å². The van der Waals surface area contributed by atoms with Gasteiger partial charge in [0.25, 0.3) is 5.92 Å². The molecule has 0 spiro atoms. The second-order valence-electron chi connectivity index (χ2n) is 3.98. The summed E-state index contributed by atoms with van der Waals surface area (Å²) in [4.78, 5) is 9.60. The van der Waals surface area contributed by atoms with Gasteiger partial charge in [-0.2, -0.15) is 0 Å². The first-order chi connectivity index (χ1) is 8.03. The highest BCUT2D eigenvalue weighted by atomic mass is 19.3. The molecule has 5 nitrogen and oxygen atoms in total. The highest BCUT2D eigenvalue weighted by Gasteiger charge is 2.42. The third-order valence-corrected chi connectivity index (χ3v) is 2.84.